The fraction of sp³-hybridized carbons (Fsp3) is 0.235. The second-order valence-electron chi connectivity index (χ2n) is 4.83. The zero-order valence-corrected chi connectivity index (χ0v) is 14.3. The summed E-state index contributed by atoms with van der Waals surface area (Å²) < 4.78 is 6.75. The Labute approximate surface area is 139 Å². The van der Waals surface area contributed by atoms with Crippen LogP contribution in [0.25, 0.3) is 0 Å². The standard InChI is InChI=1S/C17H18BrNOS/c1-2-3-5-12-8-10-13(11-9-12)20-15-7-4-6-14(18)16(15)17(19)21/h4,6-11H,2-3,5H2,1H3,(H2,19,21). The van der Waals surface area contributed by atoms with Gasteiger partial charge in [0.25, 0.3) is 0 Å². The van der Waals surface area contributed by atoms with Crippen molar-refractivity contribution in [2.24, 2.45) is 5.73 Å². The second-order valence-corrected chi connectivity index (χ2v) is 6.12. The fourth-order valence-electron chi connectivity index (χ4n) is 2.06. The van der Waals surface area contributed by atoms with Gasteiger partial charge < -0.3 is 10.5 Å². The van der Waals surface area contributed by atoms with E-state index in [1.807, 2.05) is 30.3 Å². The van der Waals surface area contributed by atoms with Crippen LogP contribution in [0.4, 0.5) is 0 Å². The molecular weight excluding hydrogens is 346 g/mol. The average Bonchev–Trinajstić information content (AvgIpc) is 2.46. The fourth-order valence-corrected chi connectivity index (χ4v) is 2.96. The first kappa shape index (κ1) is 16.0. The Kier molecular flexibility index (Phi) is 5.76. The molecule has 0 fully saturated rings. The molecule has 0 bridgehead atoms. The van der Waals surface area contributed by atoms with Crippen molar-refractivity contribution >= 4 is 33.1 Å². The average molecular weight is 364 g/mol. The lowest BCUT2D eigenvalue weighted by atomic mass is 10.1. The first-order valence-corrected chi connectivity index (χ1v) is 8.17. The van der Waals surface area contributed by atoms with Crippen LogP contribution < -0.4 is 10.5 Å². The van der Waals surface area contributed by atoms with E-state index >= 15 is 0 Å². The van der Waals surface area contributed by atoms with Crippen LogP contribution in [0.2, 0.25) is 0 Å². The molecule has 0 radical (unpaired) electrons. The highest BCUT2D eigenvalue weighted by Crippen LogP contribution is 2.30. The smallest absolute Gasteiger partial charge is 0.138 e. The Morgan fingerprint density at radius 3 is 2.52 bits per heavy atom. The van der Waals surface area contributed by atoms with Crippen molar-refractivity contribution in [3.8, 4) is 11.5 Å². The van der Waals surface area contributed by atoms with Gasteiger partial charge in [0, 0.05) is 4.47 Å². The van der Waals surface area contributed by atoms with E-state index in [1.54, 1.807) is 0 Å². The number of rotatable bonds is 6. The molecule has 21 heavy (non-hydrogen) atoms. The summed E-state index contributed by atoms with van der Waals surface area (Å²) in [6.45, 7) is 2.20. The van der Waals surface area contributed by atoms with E-state index in [0.29, 0.717) is 10.7 Å². The van der Waals surface area contributed by atoms with E-state index in [2.05, 4.69) is 35.0 Å². The van der Waals surface area contributed by atoms with Gasteiger partial charge in [-0.25, -0.2) is 0 Å². The zero-order chi connectivity index (χ0) is 15.2. The minimum Gasteiger partial charge on any atom is -0.457 e. The lowest BCUT2D eigenvalue weighted by Crippen LogP contribution is -2.11. The number of hydrogen-bond acceptors (Lipinski definition) is 2. The summed E-state index contributed by atoms with van der Waals surface area (Å²) in [6, 6.07) is 13.8. The molecule has 0 saturated heterocycles. The highest BCUT2D eigenvalue weighted by molar-refractivity contribution is 9.10. The van der Waals surface area contributed by atoms with Crippen molar-refractivity contribution < 1.29 is 4.74 Å². The van der Waals surface area contributed by atoms with Crippen molar-refractivity contribution in [2.45, 2.75) is 26.2 Å². The van der Waals surface area contributed by atoms with Gasteiger partial charge in [0.1, 0.15) is 16.5 Å². The van der Waals surface area contributed by atoms with Crippen molar-refractivity contribution in [3.05, 3.63) is 58.1 Å². The molecule has 0 atom stereocenters. The first-order chi connectivity index (χ1) is 10.1. The number of halogens is 1. The molecule has 0 aliphatic rings. The lowest BCUT2D eigenvalue weighted by molar-refractivity contribution is 0.481. The van der Waals surface area contributed by atoms with Gasteiger partial charge in [0.15, 0.2) is 0 Å². The maximum atomic E-state index is 5.91. The third kappa shape index (κ3) is 4.29. The SMILES string of the molecule is CCCCc1ccc(Oc2cccc(Br)c2C(N)=S)cc1. The summed E-state index contributed by atoms with van der Waals surface area (Å²) in [4.78, 5) is 0.317. The number of nitrogens with two attached hydrogens (primary N) is 1. The molecular formula is C17H18BrNOS. The number of thiocarbonyl (C=S) groups is 1. The van der Waals surface area contributed by atoms with Crippen LogP contribution in [-0.2, 0) is 6.42 Å². The minimum atomic E-state index is 0.317. The zero-order valence-electron chi connectivity index (χ0n) is 11.9. The molecule has 2 rings (SSSR count). The van der Waals surface area contributed by atoms with Crippen LogP contribution in [0.5, 0.6) is 11.5 Å². The highest BCUT2D eigenvalue weighted by Gasteiger charge is 2.11. The molecule has 2 aromatic carbocycles. The van der Waals surface area contributed by atoms with Gasteiger partial charge in [0.2, 0.25) is 0 Å². The maximum absolute atomic E-state index is 5.91. The van der Waals surface area contributed by atoms with Crippen LogP contribution >= 0.6 is 28.1 Å². The minimum absolute atomic E-state index is 0.317. The van der Waals surface area contributed by atoms with E-state index in [0.717, 1.165) is 22.2 Å². The summed E-state index contributed by atoms with van der Waals surface area (Å²) in [5.41, 5.74) is 7.82. The molecule has 2 nitrogen and oxygen atoms in total. The number of aryl methyl sites for hydroxylation is 1. The van der Waals surface area contributed by atoms with Crippen LogP contribution in [0, 0.1) is 0 Å². The second kappa shape index (κ2) is 7.57. The van der Waals surface area contributed by atoms with Gasteiger partial charge >= 0.3 is 0 Å². The molecule has 0 amide bonds. The Hall–Kier alpha value is -1.39. The summed E-state index contributed by atoms with van der Waals surface area (Å²) in [5.74, 6) is 1.45. The van der Waals surface area contributed by atoms with Gasteiger partial charge in [-0.2, -0.15) is 0 Å². The van der Waals surface area contributed by atoms with Crippen molar-refractivity contribution in [1.82, 2.24) is 0 Å². The van der Waals surface area contributed by atoms with Crippen LogP contribution in [-0.4, -0.2) is 4.99 Å². The molecule has 0 aromatic heterocycles. The largest absolute Gasteiger partial charge is 0.457 e. The van der Waals surface area contributed by atoms with Crippen LogP contribution in [0.1, 0.15) is 30.9 Å². The van der Waals surface area contributed by atoms with Gasteiger partial charge in [-0.05, 0) is 58.6 Å². The predicted molar refractivity (Wildman–Crippen MR) is 95.2 cm³/mol. The number of hydrogen-bond donors (Lipinski definition) is 1. The van der Waals surface area contributed by atoms with Gasteiger partial charge in [-0.3, -0.25) is 0 Å². The first-order valence-electron chi connectivity index (χ1n) is 6.97. The third-order valence-corrected chi connectivity index (χ3v) is 4.06. The number of ether oxygens (including phenoxy) is 1. The van der Waals surface area contributed by atoms with Gasteiger partial charge in [0.05, 0.1) is 5.56 Å². The highest BCUT2D eigenvalue weighted by atomic mass is 79.9. The lowest BCUT2D eigenvalue weighted by Gasteiger charge is -2.12. The summed E-state index contributed by atoms with van der Waals surface area (Å²) in [7, 11) is 0. The number of unbranched alkanes of at least 4 members (excludes halogenated alkanes) is 1. The van der Waals surface area contributed by atoms with E-state index in [9.17, 15) is 0 Å². The Morgan fingerprint density at radius 1 is 1.19 bits per heavy atom. The molecule has 2 aromatic rings. The summed E-state index contributed by atoms with van der Waals surface area (Å²) >= 11 is 8.54. The molecule has 0 saturated carbocycles. The van der Waals surface area contributed by atoms with Gasteiger partial charge in [-0.15, -0.1) is 0 Å². The quantitative estimate of drug-likeness (QED) is 0.714. The van der Waals surface area contributed by atoms with E-state index in [1.165, 1.54) is 18.4 Å². The molecule has 0 aliphatic heterocycles. The van der Waals surface area contributed by atoms with Crippen molar-refractivity contribution in [2.75, 3.05) is 0 Å². The van der Waals surface area contributed by atoms with E-state index < -0.39 is 0 Å². The van der Waals surface area contributed by atoms with Crippen molar-refractivity contribution in [1.29, 1.82) is 0 Å². The Morgan fingerprint density at radius 2 is 1.90 bits per heavy atom. The monoisotopic (exact) mass is 363 g/mol. The van der Waals surface area contributed by atoms with Crippen LogP contribution in [0.15, 0.2) is 46.9 Å². The maximum Gasteiger partial charge on any atom is 0.138 e. The normalized spacial score (nSPS) is 10.4. The van der Waals surface area contributed by atoms with Crippen molar-refractivity contribution in [3.63, 3.8) is 0 Å². The summed E-state index contributed by atoms with van der Waals surface area (Å²) in [6.07, 6.45) is 3.51. The molecule has 0 unspecified atom stereocenters. The molecule has 0 heterocycles. The topological polar surface area (TPSA) is 35.2 Å². The molecule has 0 spiro atoms. The summed E-state index contributed by atoms with van der Waals surface area (Å²) in [5, 5.41) is 0. The number of benzene rings is 2. The van der Waals surface area contributed by atoms with E-state index in [-0.39, 0.29) is 0 Å². The molecule has 4 heteroatoms. The molecule has 110 valence electrons. The predicted octanol–water partition coefficient (Wildman–Crippen LogP) is 5.22. The Balaban J connectivity index is 2.19. The van der Waals surface area contributed by atoms with E-state index in [4.69, 9.17) is 22.7 Å². The van der Waals surface area contributed by atoms with Gasteiger partial charge in [-0.1, -0.05) is 43.8 Å². The Bertz CT molecular complexity index is 625. The third-order valence-electron chi connectivity index (χ3n) is 3.19. The molecule has 2 N–H and O–H groups in total. The molecule has 0 aliphatic carbocycles. The van der Waals surface area contributed by atoms with Crippen LogP contribution in [0.3, 0.4) is 0 Å².